The van der Waals surface area contributed by atoms with Crippen molar-refractivity contribution >= 4 is 0 Å². The van der Waals surface area contributed by atoms with Crippen LogP contribution in [0, 0.1) is 5.92 Å². The maximum Gasteiger partial charge on any atom is 0.233 e. The Morgan fingerprint density at radius 3 is 2.90 bits per heavy atom. The molecule has 4 heteroatoms. The van der Waals surface area contributed by atoms with E-state index >= 15 is 0 Å². The SMILES string of the molecule is CCOc1ccc(CC2COc3ccccc3C2)nn1. The van der Waals surface area contributed by atoms with Crippen LogP contribution in [0.4, 0.5) is 0 Å². The van der Waals surface area contributed by atoms with Gasteiger partial charge < -0.3 is 9.47 Å². The number of para-hydroxylation sites is 1. The van der Waals surface area contributed by atoms with E-state index < -0.39 is 0 Å². The van der Waals surface area contributed by atoms with Gasteiger partial charge in [-0.1, -0.05) is 18.2 Å². The van der Waals surface area contributed by atoms with Crippen molar-refractivity contribution in [1.82, 2.24) is 10.2 Å². The molecule has 0 bridgehead atoms. The first kappa shape index (κ1) is 12.9. The number of benzene rings is 1. The quantitative estimate of drug-likeness (QED) is 0.856. The van der Waals surface area contributed by atoms with Crippen LogP contribution in [-0.4, -0.2) is 23.4 Å². The van der Waals surface area contributed by atoms with Gasteiger partial charge in [0.2, 0.25) is 5.88 Å². The molecule has 2 heterocycles. The van der Waals surface area contributed by atoms with Gasteiger partial charge in [0.25, 0.3) is 0 Å². The number of hydrogen-bond donors (Lipinski definition) is 0. The Kier molecular flexibility index (Phi) is 3.81. The predicted molar refractivity (Wildman–Crippen MR) is 76.0 cm³/mol. The normalized spacial score (nSPS) is 17.1. The van der Waals surface area contributed by atoms with E-state index in [1.54, 1.807) is 0 Å². The van der Waals surface area contributed by atoms with Crippen LogP contribution < -0.4 is 9.47 Å². The summed E-state index contributed by atoms with van der Waals surface area (Å²) in [6, 6.07) is 12.1. The van der Waals surface area contributed by atoms with E-state index in [-0.39, 0.29) is 0 Å². The molecule has 104 valence electrons. The summed E-state index contributed by atoms with van der Waals surface area (Å²) >= 11 is 0. The molecular weight excluding hydrogens is 252 g/mol. The molecule has 1 aliphatic heterocycles. The molecule has 0 amide bonds. The Labute approximate surface area is 118 Å². The standard InChI is InChI=1S/C16H18N2O2/c1-2-19-16-8-7-14(17-18-16)10-12-9-13-5-3-4-6-15(13)20-11-12/h3-8,12H,2,9-11H2,1H3. The van der Waals surface area contributed by atoms with Crippen LogP contribution in [0.15, 0.2) is 36.4 Å². The number of aromatic nitrogens is 2. The molecule has 1 atom stereocenters. The van der Waals surface area contributed by atoms with Crippen LogP contribution in [0.1, 0.15) is 18.2 Å². The highest BCUT2D eigenvalue weighted by atomic mass is 16.5. The van der Waals surface area contributed by atoms with E-state index in [9.17, 15) is 0 Å². The third-order valence-electron chi connectivity index (χ3n) is 3.44. The highest BCUT2D eigenvalue weighted by Crippen LogP contribution is 2.28. The molecule has 0 saturated heterocycles. The Morgan fingerprint density at radius 2 is 2.10 bits per heavy atom. The Bertz CT molecular complexity index is 569. The molecule has 3 rings (SSSR count). The highest BCUT2D eigenvalue weighted by molar-refractivity contribution is 5.35. The van der Waals surface area contributed by atoms with E-state index in [0.29, 0.717) is 18.4 Å². The lowest BCUT2D eigenvalue weighted by Gasteiger charge is -2.24. The van der Waals surface area contributed by atoms with Gasteiger partial charge in [-0.25, -0.2) is 0 Å². The van der Waals surface area contributed by atoms with Crippen molar-refractivity contribution in [2.75, 3.05) is 13.2 Å². The van der Waals surface area contributed by atoms with Gasteiger partial charge in [0.15, 0.2) is 0 Å². The Morgan fingerprint density at radius 1 is 1.20 bits per heavy atom. The van der Waals surface area contributed by atoms with E-state index in [1.807, 2.05) is 31.2 Å². The fourth-order valence-electron chi connectivity index (χ4n) is 2.50. The van der Waals surface area contributed by atoms with Crippen LogP contribution in [0.25, 0.3) is 0 Å². The van der Waals surface area contributed by atoms with Gasteiger partial charge in [0.05, 0.1) is 18.9 Å². The van der Waals surface area contributed by atoms with Gasteiger partial charge in [0.1, 0.15) is 5.75 Å². The minimum absolute atomic E-state index is 0.456. The average molecular weight is 270 g/mol. The molecule has 1 aromatic carbocycles. The minimum atomic E-state index is 0.456. The monoisotopic (exact) mass is 270 g/mol. The second-order valence-electron chi connectivity index (χ2n) is 4.99. The zero-order valence-electron chi connectivity index (χ0n) is 11.6. The van der Waals surface area contributed by atoms with Gasteiger partial charge in [-0.2, -0.15) is 5.10 Å². The number of fused-ring (bicyclic) bond motifs is 1. The number of ether oxygens (including phenoxy) is 2. The third kappa shape index (κ3) is 2.90. The van der Waals surface area contributed by atoms with Crippen molar-refractivity contribution in [3.8, 4) is 11.6 Å². The summed E-state index contributed by atoms with van der Waals surface area (Å²) in [5.41, 5.74) is 2.27. The summed E-state index contributed by atoms with van der Waals surface area (Å²) in [7, 11) is 0. The van der Waals surface area contributed by atoms with E-state index in [1.165, 1.54) is 5.56 Å². The van der Waals surface area contributed by atoms with Crippen LogP contribution in [-0.2, 0) is 12.8 Å². The molecule has 0 radical (unpaired) electrons. The first-order chi connectivity index (χ1) is 9.85. The van der Waals surface area contributed by atoms with Crippen LogP contribution in [0.5, 0.6) is 11.6 Å². The zero-order valence-corrected chi connectivity index (χ0v) is 11.6. The second kappa shape index (κ2) is 5.90. The molecule has 0 spiro atoms. The molecule has 0 aliphatic carbocycles. The molecule has 0 fully saturated rings. The van der Waals surface area contributed by atoms with Crippen molar-refractivity contribution in [2.45, 2.75) is 19.8 Å². The van der Waals surface area contributed by atoms with Crippen LogP contribution >= 0.6 is 0 Å². The molecular formula is C16H18N2O2. The van der Waals surface area contributed by atoms with Crippen molar-refractivity contribution < 1.29 is 9.47 Å². The van der Waals surface area contributed by atoms with Crippen LogP contribution in [0.3, 0.4) is 0 Å². The van der Waals surface area contributed by atoms with Crippen molar-refractivity contribution in [2.24, 2.45) is 5.92 Å². The summed E-state index contributed by atoms with van der Waals surface area (Å²) in [5.74, 6) is 2.06. The first-order valence-electron chi connectivity index (χ1n) is 7.01. The first-order valence-corrected chi connectivity index (χ1v) is 7.01. The van der Waals surface area contributed by atoms with Crippen molar-refractivity contribution in [1.29, 1.82) is 0 Å². The topological polar surface area (TPSA) is 44.2 Å². The Balaban J connectivity index is 1.64. The lowest BCUT2D eigenvalue weighted by atomic mass is 9.93. The molecule has 1 unspecified atom stereocenters. The maximum absolute atomic E-state index is 5.80. The molecule has 20 heavy (non-hydrogen) atoms. The van der Waals surface area contributed by atoms with Gasteiger partial charge in [-0.3, -0.25) is 0 Å². The van der Waals surface area contributed by atoms with Gasteiger partial charge in [-0.05, 0) is 37.5 Å². The van der Waals surface area contributed by atoms with Gasteiger partial charge in [0, 0.05) is 12.0 Å². The molecule has 0 saturated carbocycles. The lowest BCUT2D eigenvalue weighted by Crippen LogP contribution is -2.23. The summed E-state index contributed by atoms with van der Waals surface area (Å²) in [6.07, 6.45) is 1.92. The smallest absolute Gasteiger partial charge is 0.233 e. The van der Waals surface area contributed by atoms with E-state index in [2.05, 4.69) is 22.3 Å². The summed E-state index contributed by atoms with van der Waals surface area (Å²) in [4.78, 5) is 0. The number of nitrogens with zero attached hydrogens (tertiary/aromatic N) is 2. The second-order valence-corrected chi connectivity index (χ2v) is 4.99. The predicted octanol–water partition coefficient (Wildman–Crippen LogP) is 2.67. The minimum Gasteiger partial charge on any atom is -0.493 e. The fraction of sp³-hybridized carbons (Fsp3) is 0.375. The summed E-state index contributed by atoms with van der Waals surface area (Å²) in [6.45, 7) is 3.29. The molecule has 2 aromatic rings. The largest absolute Gasteiger partial charge is 0.493 e. The molecule has 4 nitrogen and oxygen atoms in total. The zero-order chi connectivity index (χ0) is 13.8. The van der Waals surface area contributed by atoms with Crippen molar-refractivity contribution in [3.05, 3.63) is 47.7 Å². The molecule has 0 N–H and O–H groups in total. The van der Waals surface area contributed by atoms with Gasteiger partial charge in [-0.15, -0.1) is 5.10 Å². The number of hydrogen-bond acceptors (Lipinski definition) is 4. The summed E-state index contributed by atoms with van der Waals surface area (Å²) in [5, 5.41) is 8.28. The van der Waals surface area contributed by atoms with Gasteiger partial charge >= 0.3 is 0 Å². The molecule has 1 aromatic heterocycles. The summed E-state index contributed by atoms with van der Waals surface area (Å²) < 4.78 is 11.1. The fourth-order valence-corrected chi connectivity index (χ4v) is 2.50. The molecule has 1 aliphatic rings. The average Bonchev–Trinajstić information content (AvgIpc) is 2.49. The maximum atomic E-state index is 5.80. The lowest BCUT2D eigenvalue weighted by molar-refractivity contribution is 0.220. The third-order valence-corrected chi connectivity index (χ3v) is 3.44. The number of rotatable bonds is 4. The Hall–Kier alpha value is -2.10. The van der Waals surface area contributed by atoms with Crippen LogP contribution in [0.2, 0.25) is 0 Å². The van der Waals surface area contributed by atoms with E-state index in [4.69, 9.17) is 9.47 Å². The van der Waals surface area contributed by atoms with Crippen molar-refractivity contribution in [3.63, 3.8) is 0 Å². The highest BCUT2D eigenvalue weighted by Gasteiger charge is 2.20. The van der Waals surface area contributed by atoms with E-state index in [0.717, 1.165) is 30.9 Å².